The standard InChI is InChI=1S/C21H18O2/c1-21(2,23)18-9-5-8-16-15-11-10-13-6-3-4-7-14(13)17(15)12-19(22)20(16)18/h3-12,22-23H,1-2H3. The first-order valence-electron chi connectivity index (χ1n) is 7.76. The van der Waals surface area contributed by atoms with E-state index in [9.17, 15) is 10.2 Å². The van der Waals surface area contributed by atoms with Gasteiger partial charge in [-0.1, -0.05) is 54.6 Å². The van der Waals surface area contributed by atoms with Gasteiger partial charge < -0.3 is 10.2 Å². The van der Waals surface area contributed by atoms with Gasteiger partial charge in [0.25, 0.3) is 0 Å². The molecule has 0 aliphatic rings. The molecule has 2 nitrogen and oxygen atoms in total. The fraction of sp³-hybridized carbons (Fsp3) is 0.143. The summed E-state index contributed by atoms with van der Waals surface area (Å²) in [6.45, 7) is 3.48. The van der Waals surface area contributed by atoms with Crippen molar-refractivity contribution in [3.63, 3.8) is 0 Å². The van der Waals surface area contributed by atoms with Crippen LogP contribution in [0.25, 0.3) is 32.3 Å². The van der Waals surface area contributed by atoms with Crippen LogP contribution < -0.4 is 0 Å². The molecule has 0 atom stereocenters. The van der Waals surface area contributed by atoms with Crippen molar-refractivity contribution < 1.29 is 10.2 Å². The Morgan fingerprint density at radius 2 is 1.48 bits per heavy atom. The molecule has 0 unspecified atom stereocenters. The van der Waals surface area contributed by atoms with Crippen molar-refractivity contribution in [2.75, 3.05) is 0 Å². The van der Waals surface area contributed by atoms with Gasteiger partial charge >= 0.3 is 0 Å². The normalized spacial score (nSPS) is 12.3. The minimum Gasteiger partial charge on any atom is -0.507 e. The van der Waals surface area contributed by atoms with E-state index < -0.39 is 5.60 Å². The number of hydrogen-bond donors (Lipinski definition) is 2. The first kappa shape index (κ1) is 14.0. The summed E-state index contributed by atoms with van der Waals surface area (Å²) in [5.74, 6) is 0.210. The smallest absolute Gasteiger partial charge is 0.124 e. The lowest BCUT2D eigenvalue weighted by molar-refractivity contribution is 0.0800. The average Bonchev–Trinajstić information content (AvgIpc) is 2.53. The van der Waals surface area contributed by atoms with Crippen molar-refractivity contribution in [2.45, 2.75) is 19.4 Å². The number of phenolic OH excluding ortho intramolecular Hbond substituents is 1. The second-order valence-corrected chi connectivity index (χ2v) is 6.56. The molecule has 0 saturated heterocycles. The number of aromatic hydroxyl groups is 1. The monoisotopic (exact) mass is 302 g/mol. The van der Waals surface area contributed by atoms with Crippen LogP contribution >= 0.6 is 0 Å². The third kappa shape index (κ3) is 2.07. The van der Waals surface area contributed by atoms with Crippen LogP contribution in [0, 0.1) is 0 Å². The summed E-state index contributed by atoms with van der Waals surface area (Å²) in [7, 11) is 0. The van der Waals surface area contributed by atoms with Crippen molar-refractivity contribution >= 4 is 32.3 Å². The molecule has 2 heteroatoms. The van der Waals surface area contributed by atoms with Gasteiger partial charge in [0, 0.05) is 5.39 Å². The molecule has 23 heavy (non-hydrogen) atoms. The Bertz CT molecular complexity index is 1060. The van der Waals surface area contributed by atoms with Crippen LogP contribution in [0.2, 0.25) is 0 Å². The molecular weight excluding hydrogens is 284 g/mol. The summed E-state index contributed by atoms with van der Waals surface area (Å²) in [5.41, 5.74) is -0.274. The summed E-state index contributed by atoms with van der Waals surface area (Å²) >= 11 is 0. The Morgan fingerprint density at radius 1 is 0.739 bits per heavy atom. The van der Waals surface area contributed by atoms with E-state index in [1.54, 1.807) is 13.8 Å². The summed E-state index contributed by atoms with van der Waals surface area (Å²) in [4.78, 5) is 0. The Balaban J connectivity index is 2.25. The minimum atomic E-state index is -1.01. The summed E-state index contributed by atoms with van der Waals surface area (Å²) < 4.78 is 0. The zero-order valence-corrected chi connectivity index (χ0v) is 13.2. The van der Waals surface area contributed by atoms with Gasteiger partial charge in [-0.15, -0.1) is 0 Å². The van der Waals surface area contributed by atoms with Crippen molar-refractivity contribution in [1.29, 1.82) is 0 Å². The lowest BCUT2D eigenvalue weighted by Crippen LogP contribution is -2.15. The summed E-state index contributed by atoms with van der Waals surface area (Å²) in [6.07, 6.45) is 0. The highest BCUT2D eigenvalue weighted by Gasteiger charge is 2.21. The molecule has 0 heterocycles. The first-order chi connectivity index (χ1) is 11.0. The van der Waals surface area contributed by atoms with Gasteiger partial charge in [-0.05, 0) is 52.4 Å². The Hall–Kier alpha value is -2.58. The second-order valence-electron chi connectivity index (χ2n) is 6.56. The molecule has 0 fully saturated rings. The fourth-order valence-electron chi connectivity index (χ4n) is 3.46. The van der Waals surface area contributed by atoms with E-state index in [1.165, 1.54) is 0 Å². The predicted octanol–water partition coefficient (Wildman–Crippen LogP) is 5.08. The SMILES string of the molecule is CC(C)(O)c1cccc2c1c(O)cc1c3ccccc3ccc21. The summed E-state index contributed by atoms with van der Waals surface area (Å²) in [5, 5.41) is 27.2. The first-order valence-corrected chi connectivity index (χ1v) is 7.76. The fourth-order valence-corrected chi connectivity index (χ4v) is 3.46. The zero-order valence-electron chi connectivity index (χ0n) is 13.2. The molecule has 4 aromatic rings. The molecule has 0 aliphatic heterocycles. The lowest BCUT2D eigenvalue weighted by atomic mass is 9.89. The molecule has 4 rings (SSSR count). The number of hydrogen-bond acceptors (Lipinski definition) is 2. The van der Waals surface area contributed by atoms with E-state index in [4.69, 9.17) is 0 Å². The number of phenols is 1. The predicted molar refractivity (Wildman–Crippen MR) is 95.9 cm³/mol. The van der Waals surface area contributed by atoms with Crippen LogP contribution in [0.3, 0.4) is 0 Å². The molecule has 0 spiro atoms. The van der Waals surface area contributed by atoms with Crippen LogP contribution in [0.1, 0.15) is 19.4 Å². The highest BCUT2D eigenvalue weighted by atomic mass is 16.3. The van der Waals surface area contributed by atoms with E-state index in [0.29, 0.717) is 0 Å². The van der Waals surface area contributed by atoms with Gasteiger partial charge in [-0.2, -0.15) is 0 Å². The number of benzene rings is 4. The number of rotatable bonds is 1. The summed E-state index contributed by atoms with van der Waals surface area (Å²) in [6, 6.07) is 20.0. The third-order valence-electron chi connectivity index (χ3n) is 4.52. The minimum absolute atomic E-state index is 0.210. The van der Waals surface area contributed by atoms with Crippen LogP contribution in [0.4, 0.5) is 0 Å². The van der Waals surface area contributed by atoms with Crippen LogP contribution in [0.15, 0.2) is 60.7 Å². The second kappa shape index (κ2) is 4.71. The van der Waals surface area contributed by atoms with Gasteiger partial charge in [0.2, 0.25) is 0 Å². The number of fused-ring (bicyclic) bond motifs is 5. The van der Waals surface area contributed by atoms with Gasteiger partial charge in [-0.3, -0.25) is 0 Å². The molecule has 0 aliphatic carbocycles. The maximum absolute atomic E-state index is 10.7. The highest BCUT2D eigenvalue weighted by molar-refractivity contribution is 6.19. The quantitative estimate of drug-likeness (QED) is 0.481. The molecule has 114 valence electrons. The van der Waals surface area contributed by atoms with E-state index in [2.05, 4.69) is 24.3 Å². The lowest BCUT2D eigenvalue weighted by Gasteiger charge is -2.21. The molecular formula is C21H18O2. The van der Waals surface area contributed by atoms with Gasteiger partial charge in [0.15, 0.2) is 0 Å². The highest BCUT2D eigenvalue weighted by Crippen LogP contribution is 2.40. The Morgan fingerprint density at radius 3 is 2.26 bits per heavy atom. The molecule has 0 bridgehead atoms. The molecule has 0 radical (unpaired) electrons. The van der Waals surface area contributed by atoms with E-state index in [-0.39, 0.29) is 5.75 Å². The van der Waals surface area contributed by atoms with Gasteiger partial charge in [0.1, 0.15) is 5.75 Å². The van der Waals surface area contributed by atoms with Crippen molar-refractivity contribution in [2.24, 2.45) is 0 Å². The molecule has 0 saturated carbocycles. The topological polar surface area (TPSA) is 40.5 Å². The van der Waals surface area contributed by atoms with Crippen molar-refractivity contribution in [3.8, 4) is 5.75 Å². The van der Waals surface area contributed by atoms with E-state index in [1.807, 2.05) is 36.4 Å². The average molecular weight is 302 g/mol. The number of aliphatic hydroxyl groups is 1. The Labute approximate surface area is 134 Å². The molecule has 4 aromatic carbocycles. The zero-order chi connectivity index (χ0) is 16.2. The maximum atomic E-state index is 10.7. The maximum Gasteiger partial charge on any atom is 0.124 e. The van der Waals surface area contributed by atoms with Crippen LogP contribution in [0.5, 0.6) is 5.75 Å². The third-order valence-corrected chi connectivity index (χ3v) is 4.52. The van der Waals surface area contributed by atoms with E-state index >= 15 is 0 Å². The van der Waals surface area contributed by atoms with Gasteiger partial charge in [0.05, 0.1) is 5.60 Å². The van der Waals surface area contributed by atoms with Crippen molar-refractivity contribution in [3.05, 3.63) is 66.2 Å². The van der Waals surface area contributed by atoms with Crippen LogP contribution in [-0.4, -0.2) is 10.2 Å². The van der Waals surface area contributed by atoms with Crippen LogP contribution in [-0.2, 0) is 5.60 Å². The molecule has 0 aromatic heterocycles. The van der Waals surface area contributed by atoms with Gasteiger partial charge in [-0.25, -0.2) is 0 Å². The van der Waals surface area contributed by atoms with E-state index in [0.717, 1.165) is 37.9 Å². The molecule has 2 N–H and O–H groups in total. The largest absolute Gasteiger partial charge is 0.507 e. The van der Waals surface area contributed by atoms with Crippen molar-refractivity contribution in [1.82, 2.24) is 0 Å². The Kier molecular flexibility index (Phi) is 2.87. The molecule has 0 amide bonds.